The average molecular weight is 210 g/mol. The second-order valence-corrected chi connectivity index (χ2v) is 3.50. The minimum absolute atomic E-state index is 0.575. The van der Waals surface area contributed by atoms with Crippen molar-refractivity contribution in [2.75, 3.05) is 5.88 Å². The van der Waals surface area contributed by atoms with Crippen molar-refractivity contribution < 1.29 is 0 Å². The summed E-state index contributed by atoms with van der Waals surface area (Å²) in [7, 11) is 0. The molecule has 0 bridgehead atoms. The standard InChI is InChI=1S/C9H12N2S.C2H6/c1-7-3-4-8(11-2)9(5-7)12-6-10;1-2/h3-5H,2,6,10H2,1H3;1-2H3. The summed E-state index contributed by atoms with van der Waals surface area (Å²) >= 11 is 1.58. The van der Waals surface area contributed by atoms with Crippen LogP contribution in [0.4, 0.5) is 5.69 Å². The van der Waals surface area contributed by atoms with E-state index in [1.165, 1.54) is 5.56 Å². The summed E-state index contributed by atoms with van der Waals surface area (Å²) in [6.07, 6.45) is 0. The van der Waals surface area contributed by atoms with E-state index in [4.69, 9.17) is 5.73 Å². The summed E-state index contributed by atoms with van der Waals surface area (Å²) < 4.78 is 0. The van der Waals surface area contributed by atoms with Gasteiger partial charge in [0.2, 0.25) is 0 Å². The number of hydrogen-bond donors (Lipinski definition) is 1. The summed E-state index contributed by atoms with van der Waals surface area (Å²) in [5.74, 6) is 0.575. The summed E-state index contributed by atoms with van der Waals surface area (Å²) in [6.45, 7) is 9.55. The molecule has 0 saturated carbocycles. The molecule has 0 spiro atoms. The number of rotatable bonds is 3. The second kappa shape index (κ2) is 7.59. The van der Waals surface area contributed by atoms with Gasteiger partial charge in [-0.2, -0.15) is 0 Å². The molecule has 3 heteroatoms. The fourth-order valence-corrected chi connectivity index (χ4v) is 1.69. The minimum Gasteiger partial charge on any atom is -0.322 e. The summed E-state index contributed by atoms with van der Waals surface area (Å²) in [6, 6.07) is 6.05. The van der Waals surface area contributed by atoms with Gasteiger partial charge in [-0.25, -0.2) is 0 Å². The summed E-state index contributed by atoms with van der Waals surface area (Å²) in [5, 5.41) is 0. The zero-order valence-electron chi connectivity index (χ0n) is 9.08. The van der Waals surface area contributed by atoms with Gasteiger partial charge in [0, 0.05) is 10.8 Å². The maximum atomic E-state index is 5.44. The lowest BCUT2D eigenvalue weighted by Gasteiger charge is -2.03. The maximum absolute atomic E-state index is 5.44. The van der Waals surface area contributed by atoms with Gasteiger partial charge in [0.15, 0.2) is 0 Å². The molecule has 2 N–H and O–H groups in total. The normalized spacial score (nSPS) is 8.86. The van der Waals surface area contributed by atoms with Crippen molar-refractivity contribution in [1.29, 1.82) is 0 Å². The molecule has 0 aromatic heterocycles. The van der Waals surface area contributed by atoms with Gasteiger partial charge in [-0.1, -0.05) is 19.9 Å². The van der Waals surface area contributed by atoms with Crippen LogP contribution in [0.5, 0.6) is 0 Å². The Bertz CT molecular complexity index is 285. The monoisotopic (exact) mass is 210 g/mol. The molecule has 0 aliphatic heterocycles. The Labute approximate surface area is 90.6 Å². The van der Waals surface area contributed by atoms with Crippen molar-refractivity contribution in [3.8, 4) is 0 Å². The molecule has 0 radical (unpaired) electrons. The molecule has 1 aromatic rings. The zero-order chi connectivity index (χ0) is 11.0. The van der Waals surface area contributed by atoms with Crippen LogP contribution in [0.25, 0.3) is 0 Å². The van der Waals surface area contributed by atoms with E-state index in [0.29, 0.717) is 5.88 Å². The van der Waals surface area contributed by atoms with E-state index < -0.39 is 0 Å². The minimum atomic E-state index is 0.575. The van der Waals surface area contributed by atoms with Gasteiger partial charge < -0.3 is 5.73 Å². The van der Waals surface area contributed by atoms with Crippen molar-refractivity contribution in [3.05, 3.63) is 23.8 Å². The number of hydrogen-bond acceptors (Lipinski definition) is 3. The number of aryl methyl sites for hydroxylation is 1. The first-order valence-corrected chi connectivity index (χ1v) is 5.66. The lowest BCUT2D eigenvalue weighted by atomic mass is 10.2. The van der Waals surface area contributed by atoms with Crippen LogP contribution < -0.4 is 5.73 Å². The molecule has 0 aliphatic rings. The van der Waals surface area contributed by atoms with Gasteiger partial charge in [-0.3, -0.25) is 4.99 Å². The van der Waals surface area contributed by atoms with E-state index in [9.17, 15) is 0 Å². The van der Waals surface area contributed by atoms with Gasteiger partial charge in [0.05, 0.1) is 5.69 Å². The lowest BCUT2D eigenvalue weighted by molar-refractivity contribution is 1.31. The predicted molar refractivity (Wildman–Crippen MR) is 66.6 cm³/mol. The highest BCUT2D eigenvalue weighted by molar-refractivity contribution is 7.99. The molecule has 1 rings (SSSR count). The molecule has 0 unspecified atom stereocenters. The molecule has 78 valence electrons. The Hall–Kier alpha value is -0.800. The molecule has 0 fully saturated rings. The van der Waals surface area contributed by atoms with Crippen molar-refractivity contribution in [1.82, 2.24) is 0 Å². The van der Waals surface area contributed by atoms with Crippen LogP contribution in [0.2, 0.25) is 0 Å². The lowest BCUT2D eigenvalue weighted by Crippen LogP contribution is -1.92. The van der Waals surface area contributed by atoms with Gasteiger partial charge in [-0.15, -0.1) is 11.8 Å². The van der Waals surface area contributed by atoms with Crippen LogP contribution in [0.3, 0.4) is 0 Å². The van der Waals surface area contributed by atoms with Crippen molar-refractivity contribution >= 4 is 24.2 Å². The first-order valence-electron chi connectivity index (χ1n) is 4.68. The van der Waals surface area contributed by atoms with E-state index in [2.05, 4.69) is 17.8 Å². The van der Waals surface area contributed by atoms with Gasteiger partial charge in [-0.05, 0) is 31.3 Å². The molecular formula is C11H18N2S. The van der Waals surface area contributed by atoms with E-state index in [1.807, 2.05) is 32.9 Å². The molecular weight excluding hydrogens is 192 g/mol. The molecule has 0 heterocycles. The third-order valence-corrected chi connectivity index (χ3v) is 2.33. The fourth-order valence-electron chi connectivity index (χ4n) is 0.957. The van der Waals surface area contributed by atoms with E-state index in [0.717, 1.165) is 10.6 Å². The Kier molecular flexibility index (Phi) is 7.16. The highest BCUT2D eigenvalue weighted by Crippen LogP contribution is 2.28. The van der Waals surface area contributed by atoms with Gasteiger partial charge in [0.25, 0.3) is 0 Å². The van der Waals surface area contributed by atoms with Crippen LogP contribution in [0.1, 0.15) is 19.4 Å². The zero-order valence-corrected chi connectivity index (χ0v) is 9.90. The van der Waals surface area contributed by atoms with Gasteiger partial charge >= 0.3 is 0 Å². The van der Waals surface area contributed by atoms with E-state index >= 15 is 0 Å². The Morgan fingerprint density at radius 1 is 1.43 bits per heavy atom. The van der Waals surface area contributed by atoms with E-state index in [-0.39, 0.29) is 0 Å². The van der Waals surface area contributed by atoms with Crippen LogP contribution in [0.15, 0.2) is 28.1 Å². The van der Waals surface area contributed by atoms with Crippen LogP contribution in [-0.2, 0) is 0 Å². The molecule has 1 aromatic carbocycles. The summed E-state index contributed by atoms with van der Waals surface area (Å²) in [4.78, 5) is 5.01. The third kappa shape index (κ3) is 3.94. The molecule has 2 nitrogen and oxygen atoms in total. The second-order valence-electron chi connectivity index (χ2n) is 2.44. The first kappa shape index (κ1) is 13.2. The van der Waals surface area contributed by atoms with Crippen molar-refractivity contribution in [2.45, 2.75) is 25.7 Å². The van der Waals surface area contributed by atoms with Gasteiger partial charge in [0.1, 0.15) is 0 Å². The quantitative estimate of drug-likeness (QED) is 0.472. The predicted octanol–water partition coefficient (Wildman–Crippen LogP) is 3.36. The molecule has 0 amide bonds. The summed E-state index contributed by atoms with van der Waals surface area (Å²) in [5.41, 5.74) is 7.57. The molecule has 0 saturated heterocycles. The Morgan fingerprint density at radius 3 is 2.57 bits per heavy atom. The number of thioether (sulfide) groups is 1. The molecule has 14 heavy (non-hydrogen) atoms. The first-order chi connectivity index (χ1) is 6.77. The topological polar surface area (TPSA) is 38.4 Å². The highest BCUT2D eigenvalue weighted by atomic mass is 32.2. The van der Waals surface area contributed by atoms with Crippen LogP contribution >= 0.6 is 11.8 Å². The highest BCUT2D eigenvalue weighted by Gasteiger charge is 1.99. The average Bonchev–Trinajstić information content (AvgIpc) is 2.22. The van der Waals surface area contributed by atoms with E-state index in [1.54, 1.807) is 11.8 Å². The van der Waals surface area contributed by atoms with Crippen molar-refractivity contribution in [3.63, 3.8) is 0 Å². The number of aliphatic imine (C=N–C) groups is 1. The maximum Gasteiger partial charge on any atom is 0.0758 e. The Balaban J connectivity index is 0.000000791. The Morgan fingerprint density at radius 2 is 2.07 bits per heavy atom. The number of nitrogens with two attached hydrogens (primary N) is 1. The fraction of sp³-hybridized carbons (Fsp3) is 0.364. The smallest absolute Gasteiger partial charge is 0.0758 e. The molecule has 0 atom stereocenters. The largest absolute Gasteiger partial charge is 0.322 e. The van der Waals surface area contributed by atoms with Crippen molar-refractivity contribution in [2.24, 2.45) is 10.7 Å². The third-order valence-electron chi connectivity index (χ3n) is 1.52. The molecule has 0 aliphatic carbocycles. The van der Waals surface area contributed by atoms with Crippen LogP contribution in [-0.4, -0.2) is 12.6 Å². The number of benzene rings is 1. The van der Waals surface area contributed by atoms with Crippen LogP contribution in [0, 0.1) is 6.92 Å². The SMILES string of the molecule is C=Nc1ccc(C)cc1SCN.CC. The number of nitrogens with zero attached hydrogens (tertiary/aromatic N) is 1.